The molecule has 0 saturated carbocycles. The average Bonchev–Trinajstić information content (AvgIpc) is 3.21. The zero-order valence-corrected chi connectivity index (χ0v) is 17.3. The molecule has 0 unspecified atom stereocenters. The maximum absolute atomic E-state index is 12.0. The molecule has 30 heavy (non-hydrogen) atoms. The van der Waals surface area contributed by atoms with Crippen molar-refractivity contribution >= 4 is 46.3 Å². The molecule has 0 aliphatic rings. The Kier molecular flexibility index (Phi) is 6.10. The number of nitrogens with zero attached hydrogens (tertiary/aromatic N) is 3. The van der Waals surface area contributed by atoms with Crippen molar-refractivity contribution in [3.8, 4) is 0 Å². The molecule has 0 atom stereocenters. The Morgan fingerprint density at radius 1 is 1.03 bits per heavy atom. The quantitative estimate of drug-likeness (QED) is 0.263. The fraction of sp³-hybridized carbons (Fsp3) is 0.0870. The number of thioether (sulfide) groups is 1. The highest BCUT2D eigenvalue weighted by Crippen LogP contribution is 2.23. The number of hydrazone groups is 1. The molecule has 0 fully saturated rings. The number of carbonyl (C=O) groups excluding carboxylic acids is 1. The minimum Gasteiger partial charge on any atom is -0.345 e. The van der Waals surface area contributed by atoms with Crippen molar-refractivity contribution in [2.75, 3.05) is 17.7 Å². The van der Waals surface area contributed by atoms with Gasteiger partial charge in [0.1, 0.15) is 0 Å². The summed E-state index contributed by atoms with van der Waals surface area (Å²) in [5.41, 5.74) is 7.50. The SMILES string of the molecule is CN(c1ccccc1)c1ccc(/C=N\NC(=O)CSc2nc3ccccc3[nH]2)cc1. The minimum absolute atomic E-state index is 0.183. The van der Waals surface area contributed by atoms with Crippen LogP contribution >= 0.6 is 11.8 Å². The number of rotatable bonds is 7. The van der Waals surface area contributed by atoms with Crippen LogP contribution in [0.15, 0.2) is 89.1 Å². The van der Waals surface area contributed by atoms with Crippen molar-refractivity contribution in [2.45, 2.75) is 5.16 Å². The fourth-order valence-corrected chi connectivity index (χ4v) is 3.60. The normalized spacial score (nSPS) is 11.1. The summed E-state index contributed by atoms with van der Waals surface area (Å²) in [5.74, 6) is 0.0509. The van der Waals surface area contributed by atoms with Crippen LogP contribution in [0.2, 0.25) is 0 Å². The number of fused-ring (bicyclic) bond motifs is 1. The summed E-state index contributed by atoms with van der Waals surface area (Å²) in [4.78, 5) is 21.8. The maximum Gasteiger partial charge on any atom is 0.250 e. The van der Waals surface area contributed by atoms with Gasteiger partial charge in [-0.1, -0.05) is 54.2 Å². The largest absolute Gasteiger partial charge is 0.345 e. The summed E-state index contributed by atoms with van der Waals surface area (Å²) in [7, 11) is 2.03. The number of para-hydroxylation sites is 3. The molecule has 0 spiro atoms. The molecule has 3 aromatic carbocycles. The number of carbonyl (C=O) groups is 1. The fourth-order valence-electron chi connectivity index (χ4n) is 2.93. The van der Waals surface area contributed by atoms with E-state index >= 15 is 0 Å². The first kappa shape index (κ1) is 19.7. The molecule has 0 bridgehead atoms. The third-order valence-corrected chi connectivity index (χ3v) is 5.41. The molecule has 6 nitrogen and oxygen atoms in total. The number of hydrogen-bond donors (Lipinski definition) is 2. The maximum atomic E-state index is 12.0. The monoisotopic (exact) mass is 415 g/mol. The Labute approximate surface area is 179 Å². The van der Waals surface area contributed by atoms with Gasteiger partial charge in [-0.2, -0.15) is 5.10 Å². The van der Waals surface area contributed by atoms with Crippen molar-refractivity contribution in [2.24, 2.45) is 5.10 Å². The van der Waals surface area contributed by atoms with Crippen LogP contribution in [-0.2, 0) is 4.79 Å². The van der Waals surface area contributed by atoms with Crippen molar-refractivity contribution in [1.29, 1.82) is 0 Å². The predicted molar refractivity (Wildman–Crippen MR) is 124 cm³/mol. The number of aromatic amines is 1. The lowest BCUT2D eigenvalue weighted by molar-refractivity contribution is -0.118. The van der Waals surface area contributed by atoms with E-state index in [1.165, 1.54) is 11.8 Å². The molecule has 1 amide bonds. The van der Waals surface area contributed by atoms with Gasteiger partial charge in [-0.25, -0.2) is 10.4 Å². The number of anilines is 2. The number of imidazole rings is 1. The Balaban J connectivity index is 1.28. The van der Waals surface area contributed by atoms with Gasteiger partial charge in [-0.05, 0) is 42.0 Å². The lowest BCUT2D eigenvalue weighted by Crippen LogP contribution is -2.19. The Bertz CT molecular complexity index is 1120. The number of aromatic nitrogens is 2. The highest BCUT2D eigenvalue weighted by Gasteiger charge is 2.06. The number of H-pyrrole nitrogens is 1. The Hall–Kier alpha value is -3.58. The second-order valence-corrected chi connectivity index (χ2v) is 7.59. The highest BCUT2D eigenvalue weighted by atomic mass is 32.2. The third kappa shape index (κ3) is 4.87. The highest BCUT2D eigenvalue weighted by molar-refractivity contribution is 7.99. The van der Waals surface area contributed by atoms with E-state index in [2.05, 4.69) is 37.5 Å². The van der Waals surface area contributed by atoms with E-state index < -0.39 is 0 Å². The van der Waals surface area contributed by atoms with Crippen LogP contribution in [0.25, 0.3) is 11.0 Å². The summed E-state index contributed by atoms with van der Waals surface area (Å²) in [5, 5.41) is 4.76. The van der Waals surface area contributed by atoms with Crippen LogP contribution in [0.1, 0.15) is 5.56 Å². The molecule has 0 saturated heterocycles. The minimum atomic E-state index is -0.183. The lowest BCUT2D eigenvalue weighted by Gasteiger charge is -2.19. The molecular formula is C23H21N5OS. The van der Waals surface area contributed by atoms with Gasteiger partial charge < -0.3 is 9.88 Å². The topological polar surface area (TPSA) is 73.4 Å². The summed E-state index contributed by atoms with van der Waals surface area (Å²) in [6.07, 6.45) is 1.63. The number of hydrogen-bond acceptors (Lipinski definition) is 5. The summed E-state index contributed by atoms with van der Waals surface area (Å²) < 4.78 is 0. The second kappa shape index (κ2) is 9.28. The number of amides is 1. The van der Waals surface area contributed by atoms with Gasteiger partial charge in [0, 0.05) is 18.4 Å². The van der Waals surface area contributed by atoms with E-state index in [1.807, 2.05) is 73.8 Å². The summed E-state index contributed by atoms with van der Waals surface area (Å²) in [6, 6.07) is 25.9. The van der Waals surface area contributed by atoms with Gasteiger partial charge in [0.05, 0.1) is 23.0 Å². The molecule has 150 valence electrons. The van der Waals surface area contributed by atoms with Crippen LogP contribution in [0.5, 0.6) is 0 Å². The van der Waals surface area contributed by atoms with E-state index in [1.54, 1.807) is 6.21 Å². The van der Waals surface area contributed by atoms with Crippen molar-refractivity contribution < 1.29 is 4.79 Å². The van der Waals surface area contributed by atoms with E-state index in [0.717, 1.165) is 28.0 Å². The number of benzene rings is 3. The van der Waals surface area contributed by atoms with Crippen LogP contribution < -0.4 is 10.3 Å². The van der Waals surface area contributed by atoms with E-state index in [-0.39, 0.29) is 11.7 Å². The van der Waals surface area contributed by atoms with Gasteiger partial charge in [0.2, 0.25) is 0 Å². The van der Waals surface area contributed by atoms with Crippen LogP contribution in [0, 0.1) is 0 Å². The molecule has 1 heterocycles. The molecule has 4 aromatic rings. The smallest absolute Gasteiger partial charge is 0.250 e. The van der Waals surface area contributed by atoms with Gasteiger partial charge in [-0.3, -0.25) is 4.79 Å². The molecule has 0 aliphatic heterocycles. The molecule has 0 radical (unpaired) electrons. The average molecular weight is 416 g/mol. The molecule has 1 aromatic heterocycles. The molecule has 7 heteroatoms. The molecule has 2 N–H and O–H groups in total. The second-order valence-electron chi connectivity index (χ2n) is 6.63. The van der Waals surface area contributed by atoms with Gasteiger partial charge in [0.25, 0.3) is 5.91 Å². The van der Waals surface area contributed by atoms with E-state index in [4.69, 9.17) is 0 Å². The first-order valence-electron chi connectivity index (χ1n) is 9.47. The standard InChI is InChI=1S/C23H21N5OS/c1-28(18-7-3-2-4-8-18)19-13-11-17(12-14-19)15-24-27-22(29)16-30-23-25-20-9-5-6-10-21(20)26-23/h2-15H,16H2,1H3,(H,25,26)(H,27,29)/b24-15-. The summed E-state index contributed by atoms with van der Waals surface area (Å²) >= 11 is 1.35. The zero-order chi connectivity index (χ0) is 20.8. The van der Waals surface area contributed by atoms with Crippen LogP contribution in [-0.4, -0.2) is 34.9 Å². The first-order chi connectivity index (χ1) is 14.7. The Morgan fingerprint density at radius 2 is 1.73 bits per heavy atom. The summed E-state index contributed by atoms with van der Waals surface area (Å²) in [6.45, 7) is 0. The van der Waals surface area contributed by atoms with Gasteiger partial charge >= 0.3 is 0 Å². The van der Waals surface area contributed by atoms with E-state index in [0.29, 0.717) is 5.16 Å². The molecular weight excluding hydrogens is 394 g/mol. The van der Waals surface area contributed by atoms with Gasteiger partial charge in [-0.15, -0.1) is 0 Å². The third-order valence-electron chi connectivity index (χ3n) is 4.53. The number of nitrogens with one attached hydrogen (secondary N) is 2. The molecule has 0 aliphatic carbocycles. The van der Waals surface area contributed by atoms with Gasteiger partial charge in [0.15, 0.2) is 5.16 Å². The van der Waals surface area contributed by atoms with E-state index in [9.17, 15) is 4.79 Å². The van der Waals surface area contributed by atoms with Crippen molar-refractivity contribution in [3.63, 3.8) is 0 Å². The Morgan fingerprint density at radius 3 is 2.50 bits per heavy atom. The predicted octanol–water partition coefficient (Wildman–Crippen LogP) is 4.57. The van der Waals surface area contributed by atoms with Crippen LogP contribution in [0.4, 0.5) is 11.4 Å². The van der Waals surface area contributed by atoms with Crippen molar-refractivity contribution in [1.82, 2.24) is 15.4 Å². The van der Waals surface area contributed by atoms with Crippen LogP contribution in [0.3, 0.4) is 0 Å². The zero-order valence-electron chi connectivity index (χ0n) is 16.4. The lowest BCUT2D eigenvalue weighted by atomic mass is 10.2. The molecule has 4 rings (SSSR count). The first-order valence-corrected chi connectivity index (χ1v) is 10.5. The van der Waals surface area contributed by atoms with Crippen molar-refractivity contribution in [3.05, 3.63) is 84.4 Å².